The summed E-state index contributed by atoms with van der Waals surface area (Å²) in [6.07, 6.45) is 2.66. The lowest BCUT2D eigenvalue weighted by Crippen LogP contribution is -2.57. The molecule has 3 fully saturated rings. The summed E-state index contributed by atoms with van der Waals surface area (Å²) in [7, 11) is 0. The van der Waals surface area contributed by atoms with Crippen molar-refractivity contribution >= 4 is 5.91 Å². The molecule has 21 heavy (non-hydrogen) atoms. The van der Waals surface area contributed by atoms with Crippen LogP contribution < -0.4 is 16.2 Å². The summed E-state index contributed by atoms with van der Waals surface area (Å²) >= 11 is 0. The lowest BCUT2D eigenvalue weighted by molar-refractivity contribution is -0.133. The molecule has 2 bridgehead atoms. The lowest BCUT2D eigenvalue weighted by Gasteiger charge is -2.50. The predicted molar refractivity (Wildman–Crippen MR) is 80.3 cm³/mol. The first-order valence-corrected chi connectivity index (χ1v) is 7.65. The van der Waals surface area contributed by atoms with Crippen molar-refractivity contribution in [2.45, 2.75) is 32.0 Å². The Kier molecular flexibility index (Phi) is 4.12. The standard InChI is InChI=1S/C16H23N3O2/c17-10-11-1-3-13(4-2-11)21-16-14(9-15(18)20)12-5-7-19(16)8-6-12/h1-4,12,14,16H,5-10,17H2,(H2,18,20). The maximum absolute atomic E-state index is 11.4. The Morgan fingerprint density at radius 2 is 1.90 bits per heavy atom. The van der Waals surface area contributed by atoms with E-state index < -0.39 is 0 Å². The zero-order chi connectivity index (χ0) is 14.8. The number of piperidine rings is 3. The number of primary amides is 1. The van der Waals surface area contributed by atoms with E-state index in [4.69, 9.17) is 16.2 Å². The van der Waals surface area contributed by atoms with E-state index in [-0.39, 0.29) is 18.1 Å². The van der Waals surface area contributed by atoms with Crippen molar-refractivity contribution < 1.29 is 9.53 Å². The second-order valence-corrected chi connectivity index (χ2v) is 6.06. The number of carbonyl (C=O) groups excluding carboxylic acids is 1. The third kappa shape index (κ3) is 3.04. The van der Waals surface area contributed by atoms with Crippen molar-refractivity contribution in [1.29, 1.82) is 0 Å². The average molecular weight is 289 g/mol. The van der Waals surface area contributed by atoms with Crippen molar-refractivity contribution in [1.82, 2.24) is 4.90 Å². The van der Waals surface area contributed by atoms with Crippen LogP contribution >= 0.6 is 0 Å². The van der Waals surface area contributed by atoms with Crippen LogP contribution in [0.15, 0.2) is 24.3 Å². The summed E-state index contributed by atoms with van der Waals surface area (Å²) in [4.78, 5) is 13.7. The number of amides is 1. The Hall–Kier alpha value is -1.59. The van der Waals surface area contributed by atoms with Gasteiger partial charge in [0.2, 0.25) is 5.91 Å². The molecule has 0 saturated carbocycles. The highest BCUT2D eigenvalue weighted by atomic mass is 16.5. The van der Waals surface area contributed by atoms with Crippen LogP contribution in [0.5, 0.6) is 5.75 Å². The molecular formula is C16H23N3O2. The molecule has 5 heteroatoms. The second kappa shape index (κ2) is 6.03. The van der Waals surface area contributed by atoms with E-state index in [1.807, 2.05) is 24.3 Å². The molecule has 0 aromatic heterocycles. The van der Waals surface area contributed by atoms with Gasteiger partial charge in [-0.1, -0.05) is 12.1 Å². The molecule has 114 valence electrons. The van der Waals surface area contributed by atoms with Gasteiger partial charge in [0.25, 0.3) is 0 Å². The van der Waals surface area contributed by atoms with Crippen molar-refractivity contribution in [3.05, 3.63) is 29.8 Å². The van der Waals surface area contributed by atoms with Gasteiger partial charge >= 0.3 is 0 Å². The van der Waals surface area contributed by atoms with Gasteiger partial charge in [0.1, 0.15) is 5.75 Å². The molecule has 4 rings (SSSR count). The van der Waals surface area contributed by atoms with Gasteiger partial charge in [-0.2, -0.15) is 0 Å². The fourth-order valence-electron chi connectivity index (χ4n) is 3.61. The Balaban J connectivity index is 1.75. The highest BCUT2D eigenvalue weighted by Gasteiger charge is 2.44. The van der Waals surface area contributed by atoms with Crippen LogP contribution in [-0.2, 0) is 11.3 Å². The van der Waals surface area contributed by atoms with Gasteiger partial charge in [-0.25, -0.2) is 0 Å². The number of nitrogens with zero attached hydrogens (tertiary/aromatic N) is 1. The van der Waals surface area contributed by atoms with Gasteiger partial charge < -0.3 is 16.2 Å². The molecule has 0 radical (unpaired) electrons. The number of benzene rings is 1. The normalized spacial score (nSPS) is 31.1. The number of hydrogen-bond donors (Lipinski definition) is 2. The van der Waals surface area contributed by atoms with E-state index in [9.17, 15) is 4.79 Å². The van der Waals surface area contributed by atoms with Gasteiger partial charge in [0.15, 0.2) is 6.23 Å². The Morgan fingerprint density at radius 1 is 1.24 bits per heavy atom. The van der Waals surface area contributed by atoms with Crippen LogP contribution in [0.25, 0.3) is 0 Å². The van der Waals surface area contributed by atoms with Crippen molar-refractivity contribution in [3.63, 3.8) is 0 Å². The van der Waals surface area contributed by atoms with Gasteiger partial charge in [-0.15, -0.1) is 0 Å². The number of rotatable bonds is 5. The third-order valence-electron chi connectivity index (χ3n) is 4.76. The molecule has 5 nitrogen and oxygen atoms in total. The summed E-state index contributed by atoms with van der Waals surface area (Å²) in [5, 5.41) is 0. The molecule has 3 heterocycles. The SMILES string of the molecule is NCc1ccc(OC2C(CC(N)=O)C3CCN2CC3)cc1. The number of hydrogen-bond acceptors (Lipinski definition) is 4. The van der Waals surface area contributed by atoms with E-state index >= 15 is 0 Å². The Bertz CT molecular complexity index is 495. The van der Waals surface area contributed by atoms with Crippen LogP contribution in [-0.4, -0.2) is 30.1 Å². The minimum Gasteiger partial charge on any atom is -0.475 e. The first-order valence-electron chi connectivity index (χ1n) is 7.65. The van der Waals surface area contributed by atoms with E-state index in [0.29, 0.717) is 18.9 Å². The molecule has 3 saturated heterocycles. The van der Waals surface area contributed by atoms with E-state index in [2.05, 4.69) is 4.90 Å². The number of carbonyl (C=O) groups is 1. The maximum atomic E-state index is 11.4. The van der Waals surface area contributed by atoms with Gasteiger partial charge in [-0.05, 0) is 36.5 Å². The smallest absolute Gasteiger partial charge is 0.217 e. The van der Waals surface area contributed by atoms with E-state index in [1.165, 1.54) is 0 Å². The molecule has 3 aliphatic rings. The Labute approximate surface area is 125 Å². The molecule has 1 aromatic rings. The number of fused-ring (bicyclic) bond motifs is 3. The molecule has 2 atom stereocenters. The van der Waals surface area contributed by atoms with Crippen molar-refractivity contribution in [3.8, 4) is 5.75 Å². The minimum atomic E-state index is -0.235. The van der Waals surface area contributed by atoms with E-state index in [1.54, 1.807) is 0 Å². The minimum absolute atomic E-state index is 0.0336. The van der Waals surface area contributed by atoms with Crippen molar-refractivity contribution in [2.75, 3.05) is 13.1 Å². The van der Waals surface area contributed by atoms with Gasteiger partial charge in [0, 0.05) is 32.0 Å². The van der Waals surface area contributed by atoms with E-state index in [0.717, 1.165) is 37.2 Å². The molecule has 0 spiro atoms. The van der Waals surface area contributed by atoms with Crippen LogP contribution in [0.4, 0.5) is 0 Å². The molecule has 0 aliphatic carbocycles. The third-order valence-corrected chi connectivity index (χ3v) is 4.76. The summed E-state index contributed by atoms with van der Waals surface area (Å²) in [5.74, 6) is 1.36. The predicted octanol–water partition coefficient (Wildman–Crippen LogP) is 1.07. The maximum Gasteiger partial charge on any atom is 0.217 e. The molecular weight excluding hydrogens is 266 g/mol. The summed E-state index contributed by atoms with van der Waals surface area (Å²) in [5.41, 5.74) is 12.1. The van der Waals surface area contributed by atoms with Crippen LogP contribution in [0, 0.1) is 11.8 Å². The molecule has 3 aliphatic heterocycles. The molecule has 2 unspecified atom stereocenters. The first-order chi connectivity index (χ1) is 10.2. The molecule has 4 N–H and O–H groups in total. The fraction of sp³-hybridized carbons (Fsp3) is 0.562. The first kappa shape index (κ1) is 14.4. The highest BCUT2D eigenvalue weighted by Crippen LogP contribution is 2.39. The summed E-state index contributed by atoms with van der Waals surface area (Å²) in [6.45, 7) is 2.62. The lowest BCUT2D eigenvalue weighted by atomic mass is 9.76. The Morgan fingerprint density at radius 3 is 2.48 bits per heavy atom. The van der Waals surface area contributed by atoms with Gasteiger partial charge in [-0.3, -0.25) is 9.69 Å². The summed E-state index contributed by atoms with van der Waals surface area (Å²) < 4.78 is 6.18. The summed E-state index contributed by atoms with van der Waals surface area (Å²) in [6, 6.07) is 7.86. The molecule has 1 aromatic carbocycles. The zero-order valence-electron chi connectivity index (χ0n) is 12.2. The van der Waals surface area contributed by atoms with Crippen LogP contribution in [0.1, 0.15) is 24.8 Å². The largest absolute Gasteiger partial charge is 0.475 e. The van der Waals surface area contributed by atoms with Crippen molar-refractivity contribution in [2.24, 2.45) is 23.3 Å². The number of nitrogens with two attached hydrogens (primary N) is 2. The second-order valence-electron chi connectivity index (χ2n) is 6.06. The fourth-order valence-corrected chi connectivity index (χ4v) is 3.61. The zero-order valence-corrected chi connectivity index (χ0v) is 12.2. The molecule has 1 amide bonds. The average Bonchev–Trinajstić information content (AvgIpc) is 2.51. The highest BCUT2D eigenvalue weighted by molar-refractivity contribution is 5.74. The van der Waals surface area contributed by atoms with Gasteiger partial charge in [0.05, 0.1) is 0 Å². The van der Waals surface area contributed by atoms with Crippen LogP contribution in [0.2, 0.25) is 0 Å². The quantitative estimate of drug-likeness (QED) is 0.849. The van der Waals surface area contributed by atoms with Crippen LogP contribution in [0.3, 0.4) is 0 Å². The monoisotopic (exact) mass is 289 g/mol. The topological polar surface area (TPSA) is 81.6 Å². The number of ether oxygens (including phenoxy) is 1.